The van der Waals surface area contributed by atoms with Gasteiger partial charge < -0.3 is 5.32 Å². The van der Waals surface area contributed by atoms with Crippen molar-refractivity contribution in [3.8, 4) is 10.7 Å². The Labute approximate surface area is 98.8 Å². The van der Waals surface area contributed by atoms with Crippen molar-refractivity contribution in [1.29, 1.82) is 0 Å². The molecule has 5 heteroatoms. The highest BCUT2D eigenvalue weighted by atomic mass is 32.1. The summed E-state index contributed by atoms with van der Waals surface area (Å²) >= 11 is 1.56. The Hall–Kier alpha value is -1.33. The summed E-state index contributed by atoms with van der Waals surface area (Å²) in [6, 6.07) is 0. The van der Waals surface area contributed by atoms with Gasteiger partial charge in [-0.05, 0) is 20.9 Å². The highest BCUT2D eigenvalue weighted by molar-refractivity contribution is 7.13. The van der Waals surface area contributed by atoms with Gasteiger partial charge in [0.2, 0.25) is 0 Å². The Morgan fingerprint density at radius 1 is 1.25 bits per heavy atom. The lowest BCUT2D eigenvalue weighted by molar-refractivity contribution is 0.787. The minimum absolute atomic E-state index is 0.775. The minimum atomic E-state index is 0.775. The maximum Gasteiger partial charge on any atom is 0.171 e. The molecule has 0 amide bonds. The van der Waals surface area contributed by atoms with Crippen molar-refractivity contribution >= 4 is 11.3 Å². The number of thiazole rings is 1. The number of nitrogens with zero attached hydrogens (tertiary/aromatic N) is 3. The van der Waals surface area contributed by atoms with Crippen LogP contribution in [0.3, 0.4) is 0 Å². The van der Waals surface area contributed by atoms with Crippen molar-refractivity contribution in [2.75, 3.05) is 7.05 Å². The van der Waals surface area contributed by atoms with Crippen molar-refractivity contribution in [3.05, 3.63) is 28.7 Å². The van der Waals surface area contributed by atoms with Crippen LogP contribution in [-0.2, 0) is 6.54 Å². The van der Waals surface area contributed by atoms with Gasteiger partial charge in [-0.1, -0.05) is 0 Å². The lowest BCUT2D eigenvalue weighted by Crippen LogP contribution is -2.11. The normalized spacial score (nSPS) is 10.7. The summed E-state index contributed by atoms with van der Waals surface area (Å²) in [4.78, 5) is 14.1. The number of hydrogen-bond donors (Lipinski definition) is 1. The Bertz CT molecular complexity index is 456. The van der Waals surface area contributed by atoms with E-state index in [1.54, 1.807) is 23.0 Å². The predicted octanol–water partition coefficient (Wildman–Crippen LogP) is 1.94. The van der Waals surface area contributed by atoms with E-state index < -0.39 is 0 Å². The second-order valence-corrected chi connectivity index (χ2v) is 4.48. The third kappa shape index (κ3) is 2.10. The quantitative estimate of drug-likeness (QED) is 0.881. The summed E-state index contributed by atoms with van der Waals surface area (Å²) in [5, 5.41) is 3.13. The monoisotopic (exact) mass is 234 g/mol. The van der Waals surface area contributed by atoms with E-state index in [1.807, 2.05) is 20.9 Å². The molecule has 0 spiro atoms. The SMILES string of the molecule is CNCc1c(C)nc(-c2cncs2)nc1C. The molecule has 16 heavy (non-hydrogen) atoms. The summed E-state index contributed by atoms with van der Waals surface area (Å²) < 4.78 is 0. The molecule has 0 bridgehead atoms. The summed E-state index contributed by atoms with van der Waals surface area (Å²) in [6.07, 6.45) is 1.80. The van der Waals surface area contributed by atoms with E-state index in [9.17, 15) is 0 Å². The molecule has 0 aromatic carbocycles. The predicted molar refractivity (Wildman–Crippen MR) is 65.4 cm³/mol. The summed E-state index contributed by atoms with van der Waals surface area (Å²) in [7, 11) is 1.93. The van der Waals surface area contributed by atoms with Crippen molar-refractivity contribution in [2.24, 2.45) is 0 Å². The number of aryl methyl sites for hydroxylation is 2. The fourth-order valence-electron chi connectivity index (χ4n) is 1.61. The van der Waals surface area contributed by atoms with Crippen LogP contribution in [0, 0.1) is 13.8 Å². The van der Waals surface area contributed by atoms with Gasteiger partial charge in [-0.3, -0.25) is 4.98 Å². The molecule has 1 N–H and O–H groups in total. The van der Waals surface area contributed by atoms with Crippen molar-refractivity contribution in [2.45, 2.75) is 20.4 Å². The lowest BCUT2D eigenvalue weighted by atomic mass is 10.1. The van der Waals surface area contributed by atoms with Gasteiger partial charge in [0.05, 0.1) is 10.4 Å². The molecule has 0 fully saturated rings. The maximum atomic E-state index is 4.51. The Kier molecular flexibility index (Phi) is 3.26. The van der Waals surface area contributed by atoms with Crippen LogP contribution in [0.25, 0.3) is 10.7 Å². The van der Waals surface area contributed by atoms with Crippen molar-refractivity contribution in [1.82, 2.24) is 20.3 Å². The van der Waals surface area contributed by atoms with E-state index in [0.717, 1.165) is 28.6 Å². The van der Waals surface area contributed by atoms with E-state index in [-0.39, 0.29) is 0 Å². The molecule has 84 valence electrons. The number of aromatic nitrogens is 3. The van der Waals surface area contributed by atoms with Crippen LogP contribution in [-0.4, -0.2) is 22.0 Å². The van der Waals surface area contributed by atoms with E-state index in [1.165, 1.54) is 5.56 Å². The Morgan fingerprint density at radius 2 is 1.94 bits per heavy atom. The van der Waals surface area contributed by atoms with Crippen molar-refractivity contribution < 1.29 is 0 Å². The molecular weight excluding hydrogens is 220 g/mol. The molecule has 0 saturated heterocycles. The first-order chi connectivity index (χ1) is 7.72. The molecule has 0 aliphatic carbocycles. The minimum Gasteiger partial charge on any atom is -0.316 e. The molecule has 0 radical (unpaired) electrons. The van der Waals surface area contributed by atoms with E-state index in [4.69, 9.17) is 0 Å². The first-order valence-corrected chi connectivity index (χ1v) is 5.98. The van der Waals surface area contributed by atoms with Gasteiger partial charge in [0.25, 0.3) is 0 Å². The molecule has 2 rings (SSSR count). The maximum absolute atomic E-state index is 4.51. The van der Waals surface area contributed by atoms with Crippen LogP contribution in [0.15, 0.2) is 11.7 Å². The number of nitrogens with one attached hydrogen (secondary N) is 1. The zero-order chi connectivity index (χ0) is 11.5. The molecule has 2 aromatic heterocycles. The molecule has 2 aromatic rings. The molecule has 0 atom stereocenters. The van der Waals surface area contributed by atoms with Crippen LogP contribution in [0.1, 0.15) is 17.0 Å². The highest BCUT2D eigenvalue weighted by Gasteiger charge is 2.09. The smallest absolute Gasteiger partial charge is 0.171 e. The second kappa shape index (κ2) is 4.67. The molecule has 0 aliphatic heterocycles. The largest absolute Gasteiger partial charge is 0.316 e. The van der Waals surface area contributed by atoms with Gasteiger partial charge in [0, 0.05) is 29.7 Å². The Balaban J connectivity index is 2.45. The molecule has 0 aliphatic rings. The zero-order valence-electron chi connectivity index (χ0n) is 9.61. The highest BCUT2D eigenvalue weighted by Crippen LogP contribution is 2.21. The van der Waals surface area contributed by atoms with E-state index >= 15 is 0 Å². The van der Waals surface area contributed by atoms with Gasteiger partial charge in [0.1, 0.15) is 0 Å². The third-order valence-electron chi connectivity index (χ3n) is 2.43. The molecule has 4 nitrogen and oxygen atoms in total. The fraction of sp³-hybridized carbons (Fsp3) is 0.364. The lowest BCUT2D eigenvalue weighted by Gasteiger charge is -2.09. The number of hydrogen-bond acceptors (Lipinski definition) is 5. The molecular formula is C11H14N4S. The van der Waals surface area contributed by atoms with Crippen LogP contribution in [0.5, 0.6) is 0 Å². The van der Waals surface area contributed by atoms with Crippen LogP contribution >= 0.6 is 11.3 Å². The first kappa shape index (κ1) is 11.2. The van der Waals surface area contributed by atoms with E-state index in [2.05, 4.69) is 20.3 Å². The molecule has 0 saturated carbocycles. The van der Waals surface area contributed by atoms with Gasteiger partial charge in [0.15, 0.2) is 5.82 Å². The van der Waals surface area contributed by atoms with E-state index in [0.29, 0.717) is 0 Å². The van der Waals surface area contributed by atoms with Gasteiger partial charge in [-0.25, -0.2) is 9.97 Å². The topological polar surface area (TPSA) is 50.7 Å². The van der Waals surface area contributed by atoms with Crippen LogP contribution in [0.4, 0.5) is 0 Å². The average Bonchev–Trinajstić information content (AvgIpc) is 2.76. The van der Waals surface area contributed by atoms with Crippen LogP contribution < -0.4 is 5.32 Å². The van der Waals surface area contributed by atoms with Crippen molar-refractivity contribution in [3.63, 3.8) is 0 Å². The standard InChI is InChI=1S/C11H14N4S/c1-7-9(4-12-3)8(2)15-11(14-7)10-5-13-6-16-10/h5-6,12H,4H2,1-3H3. The first-order valence-electron chi connectivity index (χ1n) is 5.10. The molecule has 0 unspecified atom stereocenters. The average molecular weight is 234 g/mol. The summed E-state index contributed by atoms with van der Waals surface area (Å²) in [6.45, 7) is 4.85. The number of rotatable bonds is 3. The Morgan fingerprint density at radius 3 is 2.44 bits per heavy atom. The second-order valence-electron chi connectivity index (χ2n) is 3.59. The summed E-state index contributed by atoms with van der Waals surface area (Å²) in [5.74, 6) is 0.775. The fourth-order valence-corrected chi connectivity index (χ4v) is 2.16. The van der Waals surface area contributed by atoms with Crippen LogP contribution in [0.2, 0.25) is 0 Å². The van der Waals surface area contributed by atoms with Gasteiger partial charge >= 0.3 is 0 Å². The molecule has 2 heterocycles. The van der Waals surface area contributed by atoms with Gasteiger partial charge in [-0.15, -0.1) is 11.3 Å². The summed E-state index contributed by atoms with van der Waals surface area (Å²) in [5.41, 5.74) is 5.04. The van der Waals surface area contributed by atoms with Gasteiger partial charge in [-0.2, -0.15) is 0 Å². The third-order valence-corrected chi connectivity index (χ3v) is 3.20. The zero-order valence-corrected chi connectivity index (χ0v) is 10.4.